The molecule has 1 N–H and O–H groups in total. The third kappa shape index (κ3) is 2.01. The largest absolute Gasteiger partial charge is 0.386 e. The molecular weight excluding hydrogens is 202 g/mol. The van der Waals surface area contributed by atoms with E-state index >= 15 is 0 Å². The Bertz CT molecular complexity index is 348. The summed E-state index contributed by atoms with van der Waals surface area (Å²) in [5.74, 6) is -1.93. The van der Waals surface area contributed by atoms with Gasteiger partial charge >= 0.3 is 0 Å². The first-order chi connectivity index (χ1) is 7.20. The van der Waals surface area contributed by atoms with E-state index in [-0.39, 0.29) is 5.56 Å². The van der Waals surface area contributed by atoms with Gasteiger partial charge in [-0.2, -0.15) is 0 Å². The number of halogens is 2. The number of aliphatic hydroxyl groups excluding tert-OH is 1. The molecule has 0 spiro atoms. The molecule has 0 aromatic heterocycles. The van der Waals surface area contributed by atoms with Crippen LogP contribution in [-0.4, -0.2) is 17.8 Å². The second-order valence-corrected chi connectivity index (χ2v) is 3.64. The molecule has 1 heterocycles. The van der Waals surface area contributed by atoms with Crippen LogP contribution in [0.15, 0.2) is 18.2 Å². The minimum absolute atomic E-state index is 0.0260. The van der Waals surface area contributed by atoms with Gasteiger partial charge in [0.05, 0.1) is 6.10 Å². The lowest BCUT2D eigenvalue weighted by atomic mass is 10.0. The zero-order chi connectivity index (χ0) is 10.8. The molecule has 0 amide bonds. The second kappa shape index (κ2) is 4.24. The van der Waals surface area contributed by atoms with Crippen molar-refractivity contribution in [3.8, 4) is 0 Å². The van der Waals surface area contributed by atoms with Gasteiger partial charge in [0, 0.05) is 12.2 Å². The molecule has 1 aromatic carbocycles. The Morgan fingerprint density at radius 2 is 2.20 bits per heavy atom. The Labute approximate surface area is 86.5 Å². The first-order valence-corrected chi connectivity index (χ1v) is 4.93. The van der Waals surface area contributed by atoms with Gasteiger partial charge in [0.2, 0.25) is 0 Å². The van der Waals surface area contributed by atoms with Gasteiger partial charge in [0.25, 0.3) is 0 Å². The van der Waals surface area contributed by atoms with Crippen LogP contribution in [0.2, 0.25) is 0 Å². The lowest BCUT2D eigenvalue weighted by Crippen LogP contribution is -2.18. The highest BCUT2D eigenvalue weighted by Gasteiger charge is 2.28. The average molecular weight is 214 g/mol. The van der Waals surface area contributed by atoms with E-state index in [0.717, 1.165) is 12.5 Å². The van der Waals surface area contributed by atoms with Gasteiger partial charge in [0.1, 0.15) is 6.10 Å². The number of benzene rings is 1. The Hall–Kier alpha value is -1.00. The SMILES string of the molecule is OC(c1cccc(F)c1F)C1CCCO1. The maximum atomic E-state index is 13.3. The normalized spacial score (nSPS) is 23.0. The summed E-state index contributed by atoms with van der Waals surface area (Å²) < 4.78 is 31.4. The summed E-state index contributed by atoms with van der Waals surface area (Å²) in [6, 6.07) is 3.79. The van der Waals surface area contributed by atoms with Crippen molar-refractivity contribution in [2.24, 2.45) is 0 Å². The van der Waals surface area contributed by atoms with Crippen molar-refractivity contribution in [3.63, 3.8) is 0 Å². The van der Waals surface area contributed by atoms with E-state index in [1.165, 1.54) is 12.1 Å². The summed E-state index contributed by atoms with van der Waals surface area (Å²) >= 11 is 0. The van der Waals surface area contributed by atoms with Gasteiger partial charge in [-0.1, -0.05) is 12.1 Å². The molecule has 1 saturated heterocycles. The van der Waals surface area contributed by atoms with Crippen LogP contribution < -0.4 is 0 Å². The molecule has 2 nitrogen and oxygen atoms in total. The second-order valence-electron chi connectivity index (χ2n) is 3.64. The average Bonchev–Trinajstić information content (AvgIpc) is 2.74. The molecule has 2 unspecified atom stereocenters. The van der Waals surface area contributed by atoms with Gasteiger partial charge in [-0.05, 0) is 18.9 Å². The maximum Gasteiger partial charge on any atom is 0.164 e. The van der Waals surface area contributed by atoms with Crippen LogP contribution in [0.1, 0.15) is 24.5 Å². The first-order valence-electron chi connectivity index (χ1n) is 4.93. The zero-order valence-corrected chi connectivity index (χ0v) is 8.12. The fourth-order valence-electron chi connectivity index (χ4n) is 1.80. The smallest absolute Gasteiger partial charge is 0.164 e. The van der Waals surface area contributed by atoms with Crippen molar-refractivity contribution < 1.29 is 18.6 Å². The third-order valence-corrected chi connectivity index (χ3v) is 2.62. The molecule has 1 aromatic rings. The summed E-state index contributed by atoms with van der Waals surface area (Å²) in [7, 11) is 0. The zero-order valence-electron chi connectivity index (χ0n) is 8.12. The molecule has 82 valence electrons. The summed E-state index contributed by atoms with van der Waals surface area (Å²) in [6.07, 6.45) is 0.0278. The van der Waals surface area contributed by atoms with Crippen molar-refractivity contribution in [2.75, 3.05) is 6.61 Å². The molecule has 1 fully saturated rings. The monoisotopic (exact) mass is 214 g/mol. The Morgan fingerprint density at radius 1 is 1.40 bits per heavy atom. The number of rotatable bonds is 2. The van der Waals surface area contributed by atoms with Crippen LogP contribution in [-0.2, 0) is 4.74 Å². The number of ether oxygens (including phenoxy) is 1. The summed E-state index contributed by atoms with van der Waals surface area (Å²) in [6.45, 7) is 0.568. The van der Waals surface area contributed by atoms with E-state index in [1.807, 2.05) is 0 Å². The molecule has 4 heteroatoms. The summed E-state index contributed by atoms with van der Waals surface area (Å²) in [5.41, 5.74) is -0.0260. The molecule has 0 saturated carbocycles. The van der Waals surface area contributed by atoms with Gasteiger partial charge in [0.15, 0.2) is 11.6 Å². The van der Waals surface area contributed by atoms with E-state index in [9.17, 15) is 13.9 Å². The van der Waals surface area contributed by atoms with Gasteiger partial charge in [-0.25, -0.2) is 8.78 Å². The molecular formula is C11H12F2O2. The topological polar surface area (TPSA) is 29.5 Å². The molecule has 2 atom stereocenters. The van der Waals surface area contributed by atoms with E-state index in [2.05, 4.69) is 0 Å². The summed E-state index contributed by atoms with van der Waals surface area (Å²) in [4.78, 5) is 0. The maximum absolute atomic E-state index is 13.3. The molecule has 0 aliphatic carbocycles. The van der Waals surface area contributed by atoms with Crippen LogP contribution in [0.4, 0.5) is 8.78 Å². The van der Waals surface area contributed by atoms with Gasteiger partial charge < -0.3 is 9.84 Å². The van der Waals surface area contributed by atoms with Crippen LogP contribution >= 0.6 is 0 Å². The number of aliphatic hydroxyl groups is 1. The molecule has 1 aliphatic heterocycles. The van der Waals surface area contributed by atoms with Crippen molar-refractivity contribution in [1.82, 2.24) is 0 Å². The minimum atomic E-state index is -1.08. The quantitative estimate of drug-likeness (QED) is 0.817. The van der Waals surface area contributed by atoms with Crippen LogP contribution in [0.5, 0.6) is 0 Å². The van der Waals surface area contributed by atoms with Crippen LogP contribution in [0, 0.1) is 11.6 Å². The lowest BCUT2D eigenvalue weighted by Gasteiger charge is -2.18. The lowest BCUT2D eigenvalue weighted by molar-refractivity contribution is -0.00454. The van der Waals surface area contributed by atoms with Crippen molar-refractivity contribution in [3.05, 3.63) is 35.4 Å². The van der Waals surface area contributed by atoms with Crippen molar-refractivity contribution in [1.29, 1.82) is 0 Å². The molecule has 2 rings (SSSR count). The van der Waals surface area contributed by atoms with Crippen molar-refractivity contribution >= 4 is 0 Å². The fourth-order valence-corrected chi connectivity index (χ4v) is 1.80. The molecule has 1 aliphatic rings. The molecule has 15 heavy (non-hydrogen) atoms. The van der Waals surface area contributed by atoms with Crippen LogP contribution in [0.25, 0.3) is 0 Å². The van der Waals surface area contributed by atoms with E-state index in [4.69, 9.17) is 4.74 Å². The Morgan fingerprint density at radius 3 is 2.87 bits per heavy atom. The number of hydrogen-bond donors (Lipinski definition) is 1. The molecule has 0 radical (unpaired) electrons. The fraction of sp³-hybridized carbons (Fsp3) is 0.455. The molecule has 0 bridgehead atoms. The highest BCUT2D eigenvalue weighted by atomic mass is 19.2. The van der Waals surface area contributed by atoms with E-state index < -0.39 is 23.8 Å². The van der Waals surface area contributed by atoms with Gasteiger partial charge in [-0.3, -0.25) is 0 Å². The predicted octanol–water partition coefficient (Wildman–Crippen LogP) is 2.18. The van der Waals surface area contributed by atoms with E-state index in [1.54, 1.807) is 0 Å². The highest BCUT2D eigenvalue weighted by Crippen LogP contribution is 2.28. The van der Waals surface area contributed by atoms with E-state index in [0.29, 0.717) is 13.0 Å². The van der Waals surface area contributed by atoms with Crippen LogP contribution in [0.3, 0.4) is 0 Å². The predicted molar refractivity (Wildman–Crippen MR) is 50.3 cm³/mol. The standard InChI is InChI=1S/C11H12F2O2/c12-8-4-1-3-7(10(8)13)11(14)9-5-2-6-15-9/h1,3-4,9,11,14H,2,5-6H2. The Kier molecular flexibility index (Phi) is 2.98. The first kappa shape index (κ1) is 10.5. The minimum Gasteiger partial charge on any atom is -0.386 e. The van der Waals surface area contributed by atoms with Gasteiger partial charge in [-0.15, -0.1) is 0 Å². The summed E-state index contributed by atoms with van der Waals surface area (Å²) in [5, 5.41) is 9.79. The highest BCUT2D eigenvalue weighted by molar-refractivity contribution is 5.22. The Balaban J connectivity index is 2.24. The number of hydrogen-bond acceptors (Lipinski definition) is 2. The third-order valence-electron chi connectivity index (χ3n) is 2.62. The van der Waals surface area contributed by atoms with Crippen molar-refractivity contribution in [2.45, 2.75) is 25.0 Å².